The third-order valence-corrected chi connectivity index (χ3v) is 3.54. The Bertz CT molecular complexity index is 739. The van der Waals surface area contributed by atoms with Crippen LogP contribution < -0.4 is 5.32 Å². The van der Waals surface area contributed by atoms with Crippen LogP contribution in [0.2, 0.25) is 0 Å². The first-order valence-corrected chi connectivity index (χ1v) is 8.06. The van der Waals surface area contributed by atoms with Crippen LogP contribution in [0.5, 0.6) is 0 Å². The molecule has 0 spiro atoms. The van der Waals surface area contributed by atoms with Gasteiger partial charge in [0.05, 0.1) is 24.6 Å². The van der Waals surface area contributed by atoms with E-state index in [1.165, 1.54) is 7.11 Å². The highest BCUT2D eigenvalue weighted by atomic mass is 16.7. The quantitative estimate of drug-likeness (QED) is 0.812. The van der Waals surface area contributed by atoms with Crippen LogP contribution in [0.3, 0.4) is 0 Å². The molecule has 1 aromatic rings. The third-order valence-electron chi connectivity index (χ3n) is 3.54. The van der Waals surface area contributed by atoms with Gasteiger partial charge in [-0.05, 0) is 39.3 Å². The molecule has 1 aromatic heterocycles. The molecule has 0 aliphatic carbocycles. The van der Waals surface area contributed by atoms with E-state index < -0.39 is 18.2 Å². The minimum absolute atomic E-state index is 0.253. The summed E-state index contributed by atoms with van der Waals surface area (Å²) in [7, 11) is 1.21. The van der Waals surface area contributed by atoms with Gasteiger partial charge in [0.1, 0.15) is 17.4 Å². The van der Waals surface area contributed by atoms with E-state index in [9.17, 15) is 9.59 Å². The Morgan fingerprint density at radius 1 is 1.12 bits per heavy atom. The zero-order valence-electron chi connectivity index (χ0n) is 15.4. The molecule has 0 saturated carbocycles. The standard InChI is InChI=1S/C18H22N2O6/c1-10(2)24-18(22)26-16-12(4)20-11(3)15(25-17(21)23-5)14(16)13-7-6-8-19-9-13/h6-10,14,20H,1-5H3. The van der Waals surface area contributed by atoms with Crippen molar-refractivity contribution < 1.29 is 28.5 Å². The van der Waals surface area contributed by atoms with Crippen molar-refractivity contribution in [3.63, 3.8) is 0 Å². The van der Waals surface area contributed by atoms with Crippen LogP contribution in [0, 0.1) is 0 Å². The highest BCUT2D eigenvalue weighted by Gasteiger charge is 2.35. The molecule has 8 heteroatoms. The van der Waals surface area contributed by atoms with Crippen molar-refractivity contribution in [3.05, 3.63) is 53.0 Å². The van der Waals surface area contributed by atoms with Crippen molar-refractivity contribution in [1.29, 1.82) is 0 Å². The van der Waals surface area contributed by atoms with Gasteiger partial charge in [-0.1, -0.05) is 6.07 Å². The number of nitrogens with one attached hydrogen (secondary N) is 1. The number of methoxy groups -OCH3 is 1. The molecule has 8 nitrogen and oxygen atoms in total. The molecule has 0 amide bonds. The summed E-state index contributed by atoms with van der Waals surface area (Å²) in [6, 6.07) is 3.53. The number of carbonyl (C=O) groups excluding carboxylic acids is 2. The van der Waals surface area contributed by atoms with Gasteiger partial charge in [0.2, 0.25) is 0 Å². The number of allylic oxidation sites excluding steroid dienone is 2. The second kappa shape index (κ2) is 8.37. The van der Waals surface area contributed by atoms with E-state index in [-0.39, 0.29) is 17.6 Å². The van der Waals surface area contributed by atoms with Gasteiger partial charge >= 0.3 is 12.3 Å². The number of nitrogens with zero attached hydrogens (tertiary/aromatic N) is 1. The summed E-state index contributed by atoms with van der Waals surface area (Å²) in [6.45, 7) is 6.93. The van der Waals surface area contributed by atoms with Gasteiger partial charge in [-0.15, -0.1) is 0 Å². The van der Waals surface area contributed by atoms with Gasteiger partial charge in [0, 0.05) is 12.4 Å². The van der Waals surface area contributed by atoms with Crippen LogP contribution in [0.15, 0.2) is 47.4 Å². The van der Waals surface area contributed by atoms with Gasteiger partial charge < -0.3 is 24.3 Å². The van der Waals surface area contributed by atoms with Crippen LogP contribution in [0.1, 0.15) is 39.2 Å². The summed E-state index contributed by atoms with van der Waals surface area (Å²) in [4.78, 5) is 27.8. The highest BCUT2D eigenvalue weighted by molar-refractivity contribution is 5.65. The molecule has 140 valence electrons. The lowest BCUT2D eigenvalue weighted by molar-refractivity contribution is 0.0468. The van der Waals surface area contributed by atoms with Gasteiger partial charge in [-0.3, -0.25) is 4.98 Å². The molecule has 2 heterocycles. The molecule has 0 fully saturated rings. The summed E-state index contributed by atoms with van der Waals surface area (Å²) in [5.74, 6) is -0.153. The predicted molar refractivity (Wildman–Crippen MR) is 91.7 cm³/mol. The number of ether oxygens (including phenoxy) is 4. The smallest absolute Gasteiger partial charge is 0.437 e. The Hall–Kier alpha value is -3.03. The molecule has 0 aromatic carbocycles. The predicted octanol–water partition coefficient (Wildman–Crippen LogP) is 3.58. The third kappa shape index (κ3) is 4.53. The summed E-state index contributed by atoms with van der Waals surface area (Å²) >= 11 is 0. The molecular weight excluding hydrogens is 340 g/mol. The zero-order valence-corrected chi connectivity index (χ0v) is 15.4. The maximum absolute atomic E-state index is 12.0. The fraction of sp³-hybridized carbons (Fsp3) is 0.389. The number of rotatable bonds is 4. The van der Waals surface area contributed by atoms with Gasteiger partial charge in [0.25, 0.3) is 0 Å². The van der Waals surface area contributed by atoms with Crippen molar-refractivity contribution in [2.24, 2.45) is 0 Å². The molecule has 0 saturated heterocycles. The number of carbonyl (C=O) groups is 2. The Kier molecular flexibility index (Phi) is 6.21. The van der Waals surface area contributed by atoms with Crippen LogP contribution in [-0.2, 0) is 18.9 Å². The highest BCUT2D eigenvalue weighted by Crippen LogP contribution is 2.39. The molecule has 2 rings (SSSR count). The Labute approximate surface area is 151 Å². The first-order valence-electron chi connectivity index (χ1n) is 8.06. The Morgan fingerprint density at radius 3 is 2.23 bits per heavy atom. The van der Waals surface area contributed by atoms with E-state index in [2.05, 4.69) is 15.0 Å². The normalized spacial score (nSPS) is 16.9. The second-order valence-electron chi connectivity index (χ2n) is 5.90. The van der Waals surface area contributed by atoms with Crippen molar-refractivity contribution in [2.45, 2.75) is 39.7 Å². The lowest BCUT2D eigenvalue weighted by Crippen LogP contribution is -2.29. The zero-order chi connectivity index (χ0) is 19.3. The molecule has 1 aliphatic rings. The van der Waals surface area contributed by atoms with Gasteiger partial charge in [-0.2, -0.15) is 0 Å². The first-order chi connectivity index (χ1) is 12.3. The lowest BCUT2D eigenvalue weighted by atomic mass is 9.91. The summed E-state index contributed by atoms with van der Waals surface area (Å²) in [5.41, 5.74) is 1.86. The van der Waals surface area contributed by atoms with Crippen LogP contribution in [0.25, 0.3) is 0 Å². The van der Waals surface area contributed by atoms with Crippen LogP contribution in [0.4, 0.5) is 9.59 Å². The van der Waals surface area contributed by atoms with Crippen molar-refractivity contribution >= 4 is 12.3 Å². The summed E-state index contributed by atoms with van der Waals surface area (Å²) in [5, 5.41) is 3.04. The van der Waals surface area contributed by atoms with E-state index in [0.29, 0.717) is 17.0 Å². The Morgan fingerprint density at radius 2 is 1.73 bits per heavy atom. The number of pyridine rings is 1. The van der Waals surface area contributed by atoms with Crippen molar-refractivity contribution in [2.75, 3.05) is 7.11 Å². The number of dihydropyridines is 1. The van der Waals surface area contributed by atoms with Crippen LogP contribution in [-0.4, -0.2) is 30.5 Å². The van der Waals surface area contributed by atoms with E-state index in [1.807, 2.05) is 0 Å². The summed E-state index contributed by atoms with van der Waals surface area (Å²) < 4.78 is 20.4. The SMILES string of the molecule is COC(=O)OC1=C(C)NC(C)=C(OC(=O)OC(C)C)C1c1cccnc1. The van der Waals surface area contributed by atoms with Crippen molar-refractivity contribution in [1.82, 2.24) is 10.3 Å². The second-order valence-corrected chi connectivity index (χ2v) is 5.90. The molecule has 0 radical (unpaired) electrons. The van der Waals surface area contributed by atoms with E-state index >= 15 is 0 Å². The average molecular weight is 362 g/mol. The maximum Gasteiger partial charge on any atom is 0.513 e. The first kappa shape index (κ1) is 19.3. The summed E-state index contributed by atoms with van der Waals surface area (Å²) in [6.07, 6.45) is 1.17. The van der Waals surface area contributed by atoms with E-state index in [0.717, 1.165) is 0 Å². The molecule has 26 heavy (non-hydrogen) atoms. The fourth-order valence-electron chi connectivity index (χ4n) is 2.51. The van der Waals surface area contributed by atoms with Gasteiger partial charge in [-0.25, -0.2) is 9.59 Å². The number of hydrogen-bond acceptors (Lipinski definition) is 8. The van der Waals surface area contributed by atoms with Gasteiger partial charge in [0.15, 0.2) is 0 Å². The topological polar surface area (TPSA) is 96.0 Å². The van der Waals surface area contributed by atoms with Crippen LogP contribution >= 0.6 is 0 Å². The molecule has 1 aliphatic heterocycles. The minimum atomic E-state index is -0.876. The average Bonchev–Trinajstić information content (AvgIpc) is 2.59. The van der Waals surface area contributed by atoms with E-state index in [1.54, 1.807) is 52.2 Å². The number of hydrogen-bond donors (Lipinski definition) is 1. The van der Waals surface area contributed by atoms with Crippen molar-refractivity contribution in [3.8, 4) is 0 Å². The molecule has 1 N–H and O–H groups in total. The molecule has 1 unspecified atom stereocenters. The largest absolute Gasteiger partial charge is 0.513 e. The Balaban J connectivity index is 2.45. The molecular formula is C18H22N2O6. The minimum Gasteiger partial charge on any atom is -0.437 e. The van der Waals surface area contributed by atoms with E-state index in [4.69, 9.17) is 14.2 Å². The molecule has 1 atom stereocenters. The maximum atomic E-state index is 12.0. The number of aromatic nitrogens is 1. The molecule has 0 bridgehead atoms. The fourth-order valence-corrected chi connectivity index (χ4v) is 2.51. The lowest BCUT2D eigenvalue weighted by Gasteiger charge is -2.30. The monoisotopic (exact) mass is 362 g/mol.